The molecule has 0 radical (unpaired) electrons. The number of rotatable bonds is 6. The standard InChI is InChI=1S/C21H21N7O2S/c22-10-17-16-5-9-28(20(30)6-8-27-13-24-25-14-27)12-18(16)31-21(17)26-19(29)4-3-15-2-1-7-23-11-15/h1-4,7,11,13-14,17,21H,5-6,8-9,12H2,(H,26,29)/b4-3+. The summed E-state index contributed by atoms with van der Waals surface area (Å²) in [6, 6.07) is 5.99. The molecule has 4 heterocycles. The van der Waals surface area contributed by atoms with Crippen LogP contribution in [0.15, 0.2) is 53.7 Å². The van der Waals surface area contributed by atoms with Gasteiger partial charge in [0, 0.05) is 42.9 Å². The second kappa shape index (κ2) is 9.57. The molecule has 2 unspecified atom stereocenters. The van der Waals surface area contributed by atoms with Crippen molar-refractivity contribution in [1.82, 2.24) is 30.0 Å². The van der Waals surface area contributed by atoms with Crippen LogP contribution in [0, 0.1) is 17.2 Å². The summed E-state index contributed by atoms with van der Waals surface area (Å²) in [6.07, 6.45) is 10.7. The lowest BCUT2D eigenvalue weighted by atomic mass is 9.94. The van der Waals surface area contributed by atoms with Crippen molar-refractivity contribution < 1.29 is 9.59 Å². The number of thioether (sulfide) groups is 1. The fraction of sp³-hybridized carbons (Fsp3) is 0.333. The van der Waals surface area contributed by atoms with Gasteiger partial charge in [0.05, 0.1) is 23.9 Å². The molecule has 0 spiro atoms. The summed E-state index contributed by atoms with van der Waals surface area (Å²) < 4.78 is 1.77. The van der Waals surface area contributed by atoms with E-state index in [1.807, 2.05) is 11.0 Å². The highest BCUT2D eigenvalue weighted by Gasteiger charge is 2.39. The monoisotopic (exact) mass is 435 g/mol. The van der Waals surface area contributed by atoms with Crippen LogP contribution < -0.4 is 5.32 Å². The van der Waals surface area contributed by atoms with Gasteiger partial charge in [0.1, 0.15) is 12.7 Å². The first kappa shape index (κ1) is 20.8. The van der Waals surface area contributed by atoms with E-state index in [0.717, 1.165) is 16.0 Å². The summed E-state index contributed by atoms with van der Waals surface area (Å²) >= 11 is 1.47. The van der Waals surface area contributed by atoms with Gasteiger partial charge >= 0.3 is 0 Å². The first-order valence-corrected chi connectivity index (χ1v) is 10.8. The van der Waals surface area contributed by atoms with Crippen LogP contribution in [0.5, 0.6) is 0 Å². The van der Waals surface area contributed by atoms with Crippen LogP contribution in [-0.4, -0.2) is 54.9 Å². The van der Waals surface area contributed by atoms with E-state index in [-0.39, 0.29) is 23.1 Å². The minimum absolute atomic E-state index is 0.0567. The quantitative estimate of drug-likeness (QED) is 0.685. The Morgan fingerprint density at radius 2 is 2.19 bits per heavy atom. The summed E-state index contributed by atoms with van der Waals surface area (Å²) in [5.74, 6) is -0.588. The number of hydrogen-bond acceptors (Lipinski definition) is 7. The van der Waals surface area contributed by atoms with Crippen molar-refractivity contribution >= 4 is 29.7 Å². The third-order valence-electron chi connectivity index (χ3n) is 5.23. The van der Waals surface area contributed by atoms with Gasteiger partial charge in [-0.2, -0.15) is 5.26 Å². The number of amides is 2. The lowest BCUT2D eigenvalue weighted by Gasteiger charge is -2.28. The maximum absolute atomic E-state index is 12.6. The average molecular weight is 436 g/mol. The predicted octanol–water partition coefficient (Wildman–Crippen LogP) is 1.59. The molecule has 2 aromatic rings. The summed E-state index contributed by atoms with van der Waals surface area (Å²) in [5, 5.41) is 19.7. The van der Waals surface area contributed by atoms with Crippen LogP contribution in [-0.2, 0) is 16.1 Å². The molecule has 0 aromatic carbocycles. The highest BCUT2D eigenvalue weighted by atomic mass is 32.2. The lowest BCUT2D eigenvalue weighted by Crippen LogP contribution is -2.37. The highest BCUT2D eigenvalue weighted by Crippen LogP contribution is 2.44. The Kier molecular flexibility index (Phi) is 6.43. The van der Waals surface area contributed by atoms with Crippen LogP contribution in [0.25, 0.3) is 6.08 Å². The van der Waals surface area contributed by atoms with Crippen molar-refractivity contribution in [3.05, 3.63) is 59.3 Å². The molecule has 31 heavy (non-hydrogen) atoms. The Morgan fingerprint density at radius 1 is 1.35 bits per heavy atom. The van der Waals surface area contributed by atoms with Crippen molar-refractivity contribution in [2.24, 2.45) is 5.92 Å². The third-order valence-corrected chi connectivity index (χ3v) is 6.55. The SMILES string of the molecule is N#CC1C2=C(CN(C(=O)CCn3cnnc3)CC2)SC1NC(=O)/C=C/c1cccnc1. The Labute approximate surface area is 183 Å². The Bertz CT molecular complexity index is 1040. The molecule has 0 aliphatic carbocycles. The second-order valence-electron chi connectivity index (χ2n) is 7.24. The van der Waals surface area contributed by atoms with E-state index in [9.17, 15) is 14.9 Å². The number of pyridine rings is 1. The van der Waals surface area contributed by atoms with Gasteiger partial charge in [0.15, 0.2) is 0 Å². The molecule has 2 atom stereocenters. The molecule has 2 aromatic heterocycles. The van der Waals surface area contributed by atoms with Gasteiger partial charge in [-0.15, -0.1) is 22.0 Å². The van der Waals surface area contributed by atoms with E-state index in [0.29, 0.717) is 32.5 Å². The zero-order valence-electron chi connectivity index (χ0n) is 16.7. The van der Waals surface area contributed by atoms with Gasteiger partial charge in [-0.25, -0.2) is 0 Å². The fourth-order valence-corrected chi connectivity index (χ4v) is 5.07. The van der Waals surface area contributed by atoms with Crippen molar-refractivity contribution in [3.8, 4) is 6.07 Å². The van der Waals surface area contributed by atoms with Crippen molar-refractivity contribution in [2.75, 3.05) is 13.1 Å². The number of aryl methyl sites for hydroxylation is 1. The van der Waals surface area contributed by atoms with Crippen LogP contribution in [0.2, 0.25) is 0 Å². The maximum Gasteiger partial charge on any atom is 0.244 e. The van der Waals surface area contributed by atoms with Gasteiger partial charge in [0.2, 0.25) is 11.8 Å². The zero-order chi connectivity index (χ0) is 21.6. The first-order chi connectivity index (χ1) is 15.1. The topological polar surface area (TPSA) is 117 Å². The van der Waals surface area contributed by atoms with Crippen LogP contribution >= 0.6 is 11.8 Å². The lowest BCUT2D eigenvalue weighted by molar-refractivity contribution is -0.131. The van der Waals surface area contributed by atoms with Crippen molar-refractivity contribution in [3.63, 3.8) is 0 Å². The Hall–Kier alpha value is -3.45. The second-order valence-corrected chi connectivity index (χ2v) is 8.47. The maximum atomic E-state index is 12.6. The van der Waals surface area contributed by atoms with E-state index in [1.54, 1.807) is 41.8 Å². The molecule has 2 aliphatic heterocycles. The van der Waals surface area contributed by atoms with E-state index < -0.39 is 0 Å². The number of aromatic nitrogens is 4. The number of nitrogens with zero attached hydrogens (tertiary/aromatic N) is 6. The number of carbonyl (C=O) groups is 2. The molecule has 1 N–H and O–H groups in total. The van der Waals surface area contributed by atoms with Crippen molar-refractivity contribution in [1.29, 1.82) is 5.26 Å². The number of carbonyl (C=O) groups excluding carboxylic acids is 2. The largest absolute Gasteiger partial charge is 0.339 e. The van der Waals surface area contributed by atoms with E-state index in [1.165, 1.54) is 17.8 Å². The van der Waals surface area contributed by atoms with Gasteiger partial charge in [-0.05, 0) is 29.7 Å². The van der Waals surface area contributed by atoms with Gasteiger partial charge in [-0.3, -0.25) is 14.6 Å². The molecule has 4 rings (SSSR count). The molecule has 9 nitrogen and oxygen atoms in total. The fourth-order valence-electron chi connectivity index (χ4n) is 3.62. The Balaban J connectivity index is 1.34. The molecular weight excluding hydrogens is 414 g/mol. The summed E-state index contributed by atoms with van der Waals surface area (Å²) in [6.45, 7) is 1.60. The number of nitrogens with one attached hydrogen (secondary N) is 1. The van der Waals surface area contributed by atoms with E-state index >= 15 is 0 Å². The molecule has 0 saturated heterocycles. The zero-order valence-corrected chi connectivity index (χ0v) is 17.5. The Morgan fingerprint density at radius 3 is 2.94 bits per heavy atom. The predicted molar refractivity (Wildman–Crippen MR) is 115 cm³/mol. The molecular formula is C21H21N7O2S. The van der Waals surface area contributed by atoms with Crippen LogP contribution in [0.1, 0.15) is 18.4 Å². The average Bonchev–Trinajstić information content (AvgIpc) is 3.43. The molecule has 10 heteroatoms. The molecule has 0 saturated carbocycles. The molecule has 2 amide bonds. The third kappa shape index (κ3) is 5.00. The molecule has 2 aliphatic rings. The van der Waals surface area contributed by atoms with E-state index in [2.05, 4.69) is 26.6 Å². The van der Waals surface area contributed by atoms with Crippen LogP contribution in [0.4, 0.5) is 0 Å². The molecule has 0 fully saturated rings. The van der Waals surface area contributed by atoms with Gasteiger partial charge < -0.3 is 14.8 Å². The van der Waals surface area contributed by atoms with Crippen LogP contribution in [0.3, 0.4) is 0 Å². The minimum Gasteiger partial charge on any atom is -0.339 e. The van der Waals surface area contributed by atoms with Gasteiger partial charge in [0.25, 0.3) is 0 Å². The summed E-state index contributed by atoms with van der Waals surface area (Å²) in [5.41, 5.74) is 1.86. The molecule has 0 bridgehead atoms. The van der Waals surface area contributed by atoms with Gasteiger partial charge in [-0.1, -0.05) is 6.07 Å². The number of nitriles is 1. The minimum atomic E-state index is -0.384. The summed E-state index contributed by atoms with van der Waals surface area (Å²) in [4.78, 5) is 31.8. The smallest absolute Gasteiger partial charge is 0.244 e. The molecule has 158 valence electrons. The van der Waals surface area contributed by atoms with Crippen molar-refractivity contribution in [2.45, 2.75) is 24.8 Å². The number of hydrogen-bond donors (Lipinski definition) is 1. The summed E-state index contributed by atoms with van der Waals surface area (Å²) in [7, 11) is 0. The first-order valence-electron chi connectivity index (χ1n) is 9.91. The van der Waals surface area contributed by atoms with E-state index in [4.69, 9.17) is 0 Å². The highest BCUT2D eigenvalue weighted by molar-refractivity contribution is 8.04. The normalized spacial score (nSPS) is 20.5.